The Morgan fingerprint density at radius 3 is 2.65 bits per heavy atom. The first-order valence-corrected chi connectivity index (χ1v) is 8.31. The Morgan fingerprint density at radius 2 is 2.09 bits per heavy atom. The lowest BCUT2D eigenvalue weighted by molar-refractivity contribution is -0.123. The van der Waals surface area contributed by atoms with E-state index in [0.717, 1.165) is 38.2 Å². The van der Waals surface area contributed by atoms with Gasteiger partial charge in [-0.15, -0.1) is 5.10 Å². The Labute approximate surface area is 137 Å². The predicted molar refractivity (Wildman–Crippen MR) is 85.4 cm³/mol. The van der Waals surface area contributed by atoms with Crippen molar-refractivity contribution in [3.63, 3.8) is 0 Å². The lowest BCUT2D eigenvalue weighted by atomic mass is 9.93. The Kier molecular flexibility index (Phi) is 6.47. The van der Waals surface area contributed by atoms with E-state index in [4.69, 9.17) is 10.5 Å². The van der Waals surface area contributed by atoms with Crippen molar-refractivity contribution in [3.8, 4) is 0 Å². The maximum atomic E-state index is 11.4. The molecule has 1 aromatic heterocycles. The number of tetrazole rings is 1. The molecule has 8 nitrogen and oxygen atoms in total. The van der Waals surface area contributed by atoms with E-state index in [0.29, 0.717) is 19.1 Å². The molecular weight excluding hydrogens is 296 g/mol. The van der Waals surface area contributed by atoms with Crippen molar-refractivity contribution in [1.29, 1.82) is 0 Å². The molecule has 0 radical (unpaired) electrons. The summed E-state index contributed by atoms with van der Waals surface area (Å²) in [5.41, 5.74) is 5.44. The van der Waals surface area contributed by atoms with E-state index in [-0.39, 0.29) is 17.9 Å². The van der Waals surface area contributed by atoms with E-state index in [1.165, 1.54) is 0 Å². The molecule has 1 fully saturated rings. The van der Waals surface area contributed by atoms with E-state index in [1.54, 1.807) is 7.11 Å². The molecule has 0 spiro atoms. The van der Waals surface area contributed by atoms with Crippen LogP contribution in [0, 0.1) is 11.8 Å². The molecule has 1 aliphatic rings. The number of hydrogen-bond acceptors (Lipinski definition) is 6. The monoisotopic (exact) mass is 324 g/mol. The molecule has 1 amide bonds. The van der Waals surface area contributed by atoms with Gasteiger partial charge in [0.05, 0.1) is 19.2 Å². The topological polar surface area (TPSA) is 99.2 Å². The summed E-state index contributed by atoms with van der Waals surface area (Å²) in [5, 5.41) is 12.2. The molecule has 0 unspecified atom stereocenters. The zero-order chi connectivity index (χ0) is 16.8. The quantitative estimate of drug-likeness (QED) is 0.752. The molecule has 23 heavy (non-hydrogen) atoms. The van der Waals surface area contributed by atoms with Crippen LogP contribution in [0.5, 0.6) is 0 Å². The highest BCUT2D eigenvalue weighted by Gasteiger charge is 2.31. The van der Waals surface area contributed by atoms with Crippen LogP contribution in [0.25, 0.3) is 0 Å². The molecule has 0 aromatic carbocycles. The van der Waals surface area contributed by atoms with Gasteiger partial charge in [-0.05, 0) is 48.7 Å². The number of primary amides is 1. The Morgan fingerprint density at radius 1 is 1.39 bits per heavy atom. The molecule has 0 aliphatic carbocycles. The van der Waals surface area contributed by atoms with Gasteiger partial charge in [-0.3, -0.25) is 9.69 Å². The minimum atomic E-state index is -0.185. The highest BCUT2D eigenvalue weighted by Crippen LogP contribution is 2.30. The minimum Gasteiger partial charge on any atom is -0.383 e. The highest BCUT2D eigenvalue weighted by atomic mass is 16.5. The maximum Gasteiger partial charge on any atom is 0.220 e. The normalized spacial score (nSPS) is 18.4. The van der Waals surface area contributed by atoms with Crippen LogP contribution in [0.2, 0.25) is 0 Å². The molecule has 1 saturated heterocycles. The molecule has 1 aliphatic heterocycles. The first kappa shape index (κ1) is 17.8. The van der Waals surface area contributed by atoms with Crippen molar-refractivity contribution in [2.45, 2.75) is 45.7 Å². The molecule has 8 heteroatoms. The first-order chi connectivity index (χ1) is 11.0. The number of nitrogens with zero attached hydrogens (tertiary/aromatic N) is 5. The van der Waals surface area contributed by atoms with Gasteiger partial charge in [0.2, 0.25) is 5.91 Å². The van der Waals surface area contributed by atoms with Crippen LogP contribution in [-0.2, 0) is 16.1 Å². The Bertz CT molecular complexity index is 496. The molecule has 1 atom stereocenters. The van der Waals surface area contributed by atoms with Crippen molar-refractivity contribution >= 4 is 5.91 Å². The second kappa shape index (κ2) is 8.35. The van der Waals surface area contributed by atoms with Crippen LogP contribution in [-0.4, -0.2) is 57.8 Å². The number of likely N-dealkylation sites (tertiary alicyclic amines) is 1. The van der Waals surface area contributed by atoms with E-state index >= 15 is 0 Å². The van der Waals surface area contributed by atoms with E-state index in [2.05, 4.69) is 34.3 Å². The Hall–Kier alpha value is -1.54. The number of rotatable bonds is 8. The summed E-state index contributed by atoms with van der Waals surface area (Å²) >= 11 is 0. The lowest BCUT2D eigenvalue weighted by Crippen LogP contribution is -2.41. The number of carbonyl (C=O) groups excluding carboxylic acids is 1. The van der Waals surface area contributed by atoms with Crippen LogP contribution in [0.3, 0.4) is 0 Å². The third-order valence-electron chi connectivity index (χ3n) is 4.43. The van der Waals surface area contributed by atoms with Crippen molar-refractivity contribution < 1.29 is 9.53 Å². The van der Waals surface area contributed by atoms with Crippen LogP contribution in [0.15, 0.2) is 0 Å². The Balaban J connectivity index is 2.11. The zero-order valence-electron chi connectivity index (χ0n) is 14.3. The second-order valence-electron chi connectivity index (χ2n) is 6.61. The van der Waals surface area contributed by atoms with Gasteiger partial charge in [-0.2, -0.15) is 0 Å². The van der Waals surface area contributed by atoms with Crippen LogP contribution in [0.4, 0.5) is 0 Å². The van der Waals surface area contributed by atoms with Gasteiger partial charge in [0.25, 0.3) is 0 Å². The summed E-state index contributed by atoms with van der Waals surface area (Å²) in [4.78, 5) is 13.7. The largest absolute Gasteiger partial charge is 0.383 e. The minimum absolute atomic E-state index is 0.00423. The summed E-state index contributed by atoms with van der Waals surface area (Å²) in [6.45, 7) is 7.32. The van der Waals surface area contributed by atoms with Gasteiger partial charge in [0.1, 0.15) is 0 Å². The fourth-order valence-corrected chi connectivity index (χ4v) is 3.15. The van der Waals surface area contributed by atoms with Crippen LogP contribution in [0.1, 0.15) is 45.0 Å². The number of aromatic nitrogens is 4. The second-order valence-corrected chi connectivity index (χ2v) is 6.61. The molecule has 0 saturated carbocycles. The standard InChI is InChI=1S/C15H28N6O2/c1-11(2)10-13(15-17-18-19-21(15)8-9-23-3)20-6-4-12(5-7-20)14(16)22/h11-13H,4-10H2,1-3H3,(H2,16,22)/t13-/m1/s1. The molecule has 1 aromatic rings. The number of carbonyl (C=O) groups is 1. The summed E-state index contributed by atoms with van der Waals surface area (Å²) in [6, 6.07) is 0.163. The third kappa shape index (κ3) is 4.71. The molecule has 0 bridgehead atoms. The van der Waals surface area contributed by atoms with Gasteiger partial charge in [-0.25, -0.2) is 4.68 Å². The summed E-state index contributed by atoms with van der Waals surface area (Å²) in [5.74, 6) is 1.22. The average molecular weight is 324 g/mol. The highest BCUT2D eigenvalue weighted by molar-refractivity contribution is 5.76. The molecule has 130 valence electrons. The van der Waals surface area contributed by atoms with Crippen LogP contribution < -0.4 is 5.73 Å². The fourth-order valence-electron chi connectivity index (χ4n) is 3.15. The number of hydrogen-bond donors (Lipinski definition) is 1. The van der Waals surface area contributed by atoms with Crippen molar-refractivity contribution in [2.75, 3.05) is 26.8 Å². The lowest BCUT2D eigenvalue weighted by Gasteiger charge is -2.36. The molecule has 2 rings (SSSR count). The van der Waals surface area contributed by atoms with Gasteiger partial charge >= 0.3 is 0 Å². The summed E-state index contributed by atoms with van der Waals surface area (Å²) < 4.78 is 6.97. The number of amides is 1. The van der Waals surface area contributed by atoms with Gasteiger partial charge < -0.3 is 10.5 Å². The molecular formula is C15H28N6O2. The SMILES string of the molecule is COCCn1nnnc1[C@@H](CC(C)C)N1CCC(C(N)=O)CC1. The first-order valence-electron chi connectivity index (χ1n) is 8.31. The van der Waals surface area contributed by atoms with Gasteiger partial charge in [-0.1, -0.05) is 13.8 Å². The number of piperidine rings is 1. The number of ether oxygens (including phenoxy) is 1. The maximum absolute atomic E-state index is 11.4. The van der Waals surface area contributed by atoms with Gasteiger partial charge in [0.15, 0.2) is 5.82 Å². The van der Waals surface area contributed by atoms with Crippen LogP contribution >= 0.6 is 0 Å². The third-order valence-corrected chi connectivity index (χ3v) is 4.43. The fraction of sp³-hybridized carbons (Fsp3) is 0.867. The van der Waals surface area contributed by atoms with E-state index in [9.17, 15) is 4.79 Å². The van der Waals surface area contributed by atoms with E-state index in [1.807, 2.05) is 4.68 Å². The predicted octanol–water partition coefficient (Wildman–Crippen LogP) is 0.604. The smallest absolute Gasteiger partial charge is 0.220 e. The molecule has 2 heterocycles. The zero-order valence-corrected chi connectivity index (χ0v) is 14.3. The number of nitrogens with two attached hydrogens (primary N) is 1. The number of methoxy groups -OCH3 is 1. The molecule has 2 N–H and O–H groups in total. The van der Waals surface area contributed by atoms with Crippen molar-refractivity contribution in [2.24, 2.45) is 17.6 Å². The van der Waals surface area contributed by atoms with Crippen molar-refractivity contribution in [1.82, 2.24) is 25.1 Å². The van der Waals surface area contributed by atoms with Crippen molar-refractivity contribution in [3.05, 3.63) is 5.82 Å². The van der Waals surface area contributed by atoms with E-state index < -0.39 is 0 Å². The van der Waals surface area contributed by atoms with Gasteiger partial charge in [0, 0.05) is 13.0 Å². The summed E-state index contributed by atoms with van der Waals surface area (Å²) in [6.07, 6.45) is 2.60. The average Bonchev–Trinajstić information content (AvgIpc) is 2.98. The summed E-state index contributed by atoms with van der Waals surface area (Å²) in [7, 11) is 1.67.